The Labute approximate surface area is 152 Å². The van der Waals surface area contributed by atoms with Gasteiger partial charge in [0.15, 0.2) is 5.92 Å². The van der Waals surface area contributed by atoms with Crippen molar-refractivity contribution in [1.29, 1.82) is 0 Å². The number of hydrogen-bond acceptors (Lipinski definition) is 5. The molecule has 2 rings (SSSR count). The summed E-state index contributed by atoms with van der Waals surface area (Å²) in [6, 6.07) is 4.86. The predicted molar refractivity (Wildman–Crippen MR) is 92.3 cm³/mol. The Morgan fingerprint density at radius 3 is 2.33 bits per heavy atom. The second-order valence-corrected chi connectivity index (χ2v) is 6.07. The van der Waals surface area contributed by atoms with Crippen molar-refractivity contribution in [3.8, 4) is 5.69 Å². The van der Waals surface area contributed by atoms with Crippen molar-refractivity contribution in [1.82, 2.24) is 9.78 Å². The molecule has 0 radical (unpaired) electrons. The van der Waals surface area contributed by atoms with Crippen LogP contribution in [0.15, 0.2) is 35.1 Å². The lowest BCUT2D eigenvalue weighted by Crippen LogP contribution is -2.26. The molecule has 0 N–H and O–H groups in total. The first kappa shape index (κ1) is 18.5. The molecule has 0 fully saturated rings. The van der Waals surface area contributed by atoms with E-state index in [4.69, 9.17) is 21.1 Å². The van der Waals surface area contributed by atoms with E-state index in [0.29, 0.717) is 16.3 Å². The number of halogens is 2. The van der Waals surface area contributed by atoms with Crippen LogP contribution in [0.4, 0.5) is 0 Å². The molecule has 0 bridgehead atoms. The van der Waals surface area contributed by atoms with E-state index < -0.39 is 17.9 Å². The summed E-state index contributed by atoms with van der Waals surface area (Å²) in [6.45, 7) is 3.68. The van der Waals surface area contributed by atoms with E-state index in [9.17, 15) is 9.59 Å². The maximum absolute atomic E-state index is 12.1. The molecule has 0 atom stereocenters. The maximum atomic E-state index is 12.1. The Balaban J connectivity index is 2.38. The lowest BCUT2D eigenvalue weighted by Gasteiger charge is -2.16. The third-order valence-corrected chi connectivity index (χ3v) is 3.86. The van der Waals surface area contributed by atoms with E-state index in [0.717, 1.165) is 4.47 Å². The van der Waals surface area contributed by atoms with Crippen molar-refractivity contribution >= 4 is 39.5 Å². The number of ether oxygens (including phenoxy) is 2. The van der Waals surface area contributed by atoms with Gasteiger partial charge in [-0.25, -0.2) is 4.68 Å². The summed E-state index contributed by atoms with van der Waals surface area (Å²) in [4.78, 5) is 24.3. The van der Waals surface area contributed by atoms with E-state index in [2.05, 4.69) is 21.0 Å². The number of esters is 2. The van der Waals surface area contributed by atoms with E-state index >= 15 is 0 Å². The summed E-state index contributed by atoms with van der Waals surface area (Å²) in [7, 11) is 0. The van der Waals surface area contributed by atoms with Gasteiger partial charge in [-0.3, -0.25) is 9.59 Å². The lowest BCUT2D eigenvalue weighted by atomic mass is 9.99. The van der Waals surface area contributed by atoms with Crippen molar-refractivity contribution in [2.24, 2.45) is 0 Å². The Bertz CT molecular complexity index is 729. The zero-order chi connectivity index (χ0) is 17.7. The fraction of sp³-hybridized carbons (Fsp3) is 0.312. The van der Waals surface area contributed by atoms with Gasteiger partial charge in [0.2, 0.25) is 0 Å². The molecule has 0 saturated carbocycles. The van der Waals surface area contributed by atoms with Crippen LogP contribution in [0.5, 0.6) is 0 Å². The Kier molecular flexibility index (Phi) is 6.39. The summed E-state index contributed by atoms with van der Waals surface area (Å²) in [5.41, 5.74) is 1.03. The quantitative estimate of drug-likeness (QED) is 0.533. The number of rotatable bonds is 6. The van der Waals surface area contributed by atoms with Crippen LogP contribution >= 0.6 is 27.5 Å². The van der Waals surface area contributed by atoms with Gasteiger partial charge < -0.3 is 9.47 Å². The lowest BCUT2D eigenvalue weighted by molar-refractivity contribution is -0.156. The molecular weight excluding hydrogens is 400 g/mol. The molecule has 1 heterocycles. The van der Waals surface area contributed by atoms with E-state index in [-0.39, 0.29) is 13.2 Å². The molecule has 128 valence electrons. The number of carbonyl (C=O) groups excluding carboxylic acids is 2. The van der Waals surface area contributed by atoms with Gasteiger partial charge in [-0.05, 0) is 47.5 Å². The van der Waals surface area contributed by atoms with Crippen molar-refractivity contribution in [3.05, 3.63) is 45.7 Å². The zero-order valence-electron chi connectivity index (χ0n) is 13.2. The third kappa shape index (κ3) is 4.15. The number of nitrogens with zero attached hydrogens (tertiary/aromatic N) is 2. The third-order valence-electron chi connectivity index (χ3n) is 3.15. The number of benzene rings is 1. The molecule has 8 heteroatoms. The highest BCUT2D eigenvalue weighted by atomic mass is 79.9. The molecule has 0 aliphatic heterocycles. The monoisotopic (exact) mass is 414 g/mol. The minimum atomic E-state index is -1.17. The molecule has 0 aliphatic carbocycles. The van der Waals surface area contributed by atoms with Crippen molar-refractivity contribution in [2.75, 3.05) is 13.2 Å². The normalized spacial score (nSPS) is 10.7. The first-order valence-corrected chi connectivity index (χ1v) is 8.48. The highest BCUT2D eigenvalue weighted by Gasteiger charge is 2.32. The minimum Gasteiger partial charge on any atom is -0.465 e. The highest BCUT2D eigenvalue weighted by molar-refractivity contribution is 9.10. The fourth-order valence-corrected chi connectivity index (χ4v) is 2.70. The van der Waals surface area contributed by atoms with Gasteiger partial charge in [0.1, 0.15) is 0 Å². The molecule has 1 aromatic carbocycles. The molecular formula is C16H16BrClN2O4. The van der Waals surface area contributed by atoms with Gasteiger partial charge in [-0.1, -0.05) is 17.7 Å². The van der Waals surface area contributed by atoms with Crippen LogP contribution < -0.4 is 0 Å². The van der Waals surface area contributed by atoms with E-state index in [1.54, 1.807) is 49.1 Å². The van der Waals surface area contributed by atoms with Crippen LogP contribution in [0.2, 0.25) is 5.02 Å². The smallest absolute Gasteiger partial charge is 0.324 e. The van der Waals surface area contributed by atoms with Crippen molar-refractivity contribution < 1.29 is 19.1 Å². The second kappa shape index (κ2) is 8.30. The first-order valence-electron chi connectivity index (χ1n) is 7.31. The zero-order valence-corrected chi connectivity index (χ0v) is 15.5. The molecule has 0 unspecified atom stereocenters. The molecule has 6 nitrogen and oxygen atoms in total. The molecule has 0 aliphatic rings. The van der Waals surface area contributed by atoms with Crippen LogP contribution in [-0.2, 0) is 19.1 Å². The fourth-order valence-electron chi connectivity index (χ4n) is 2.14. The summed E-state index contributed by atoms with van der Waals surface area (Å²) < 4.78 is 12.3. The maximum Gasteiger partial charge on any atom is 0.324 e. The molecule has 0 spiro atoms. The molecule has 24 heavy (non-hydrogen) atoms. The average Bonchev–Trinajstić information content (AvgIpc) is 2.94. The number of hydrogen-bond donors (Lipinski definition) is 0. The van der Waals surface area contributed by atoms with Crippen molar-refractivity contribution in [3.63, 3.8) is 0 Å². The van der Waals surface area contributed by atoms with Crippen LogP contribution in [0, 0.1) is 0 Å². The van der Waals surface area contributed by atoms with Crippen molar-refractivity contribution in [2.45, 2.75) is 19.8 Å². The standard InChI is InChI=1S/C16H16BrClN2O4/c1-3-23-15(21)14(16(22)24-4-2)10-5-6-13(12(18)7-10)20-9-11(17)8-19-20/h5-9,14H,3-4H2,1-2H3. The van der Waals surface area contributed by atoms with Crippen LogP contribution in [0.3, 0.4) is 0 Å². The van der Waals surface area contributed by atoms with Crippen LogP contribution in [-0.4, -0.2) is 34.9 Å². The molecule has 1 aromatic heterocycles. The minimum absolute atomic E-state index is 0.169. The second-order valence-electron chi connectivity index (χ2n) is 4.75. The van der Waals surface area contributed by atoms with Gasteiger partial charge in [0.05, 0.1) is 34.6 Å². The number of aromatic nitrogens is 2. The Morgan fingerprint density at radius 1 is 1.25 bits per heavy atom. The van der Waals surface area contributed by atoms with Gasteiger partial charge >= 0.3 is 11.9 Å². The van der Waals surface area contributed by atoms with Gasteiger partial charge in [-0.15, -0.1) is 0 Å². The summed E-state index contributed by atoms with van der Waals surface area (Å²) in [5, 5.41) is 4.50. The summed E-state index contributed by atoms with van der Waals surface area (Å²) in [6.07, 6.45) is 3.37. The highest BCUT2D eigenvalue weighted by Crippen LogP contribution is 2.28. The molecule has 0 amide bonds. The largest absolute Gasteiger partial charge is 0.465 e. The molecule has 0 saturated heterocycles. The topological polar surface area (TPSA) is 70.4 Å². The van der Waals surface area contributed by atoms with Crippen LogP contribution in [0.25, 0.3) is 5.69 Å². The van der Waals surface area contributed by atoms with Gasteiger partial charge in [0, 0.05) is 6.20 Å². The van der Waals surface area contributed by atoms with E-state index in [1.165, 1.54) is 0 Å². The Morgan fingerprint density at radius 2 is 1.88 bits per heavy atom. The Hall–Kier alpha value is -1.86. The first-order chi connectivity index (χ1) is 11.5. The SMILES string of the molecule is CCOC(=O)C(C(=O)OCC)c1ccc(-n2cc(Br)cn2)c(Cl)c1. The van der Waals surface area contributed by atoms with Gasteiger partial charge in [-0.2, -0.15) is 5.10 Å². The average molecular weight is 416 g/mol. The molecule has 2 aromatic rings. The van der Waals surface area contributed by atoms with Crippen LogP contribution in [0.1, 0.15) is 25.3 Å². The summed E-state index contributed by atoms with van der Waals surface area (Å²) >= 11 is 9.62. The van der Waals surface area contributed by atoms with Gasteiger partial charge in [0.25, 0.3) is 0 Å². The number of carbonyl (C=O) groups is 2. The van der Waals surface area contributed by atoms with E-state index in [1.807, 2.05) is 0 Å². The summed E-state index contributed by atoms with van der Waals surface area (Å²) in [5.74, 6) is -2.50. The predicted octanol–water partition coefficient (Wildman–Crippen LogP) is 3.50.